The minimum atomic E-state index is 0.153. The van der Waals surface area contributed by atoms with E-state index in [0.717, 1.165) is 30.1 Å². The van der Waals surface area contributed by atoms with Crippen LogP contribution in [0.25, 0.3) is 0 Å². The maximum Gasteiger partial charge on any atom is 0.238 e. The van der Waals surface area contributed by atoms with Crippen LogP contribution in [0.2, 0.25) is 0 Å². The van der Waals surface area contributed by atoms with E-state index >= 15 is 0 Å². The van der Waals surface area contributed by atoms with Gasteiger partial charge < -0.3 is 5.32 Å². The van der Waals surface area contributed by atoms with Gasteiger partial charge in [-0.1, -0.05) is 38.0 Å². The van der Waals surface area contributed by atoms with Gasteiger partial charge in [-0.15, -0.1) is 0 Å². The summed E-state index contributed by atoms with van der Waals surface area (Å²) in [6, 6.07) is 6.90. The van der Waals surface area contributed by atoms with Gasteiger partial charge in [0.1, 0.15) is 0 Å². The number of aryl methyl sites for hydroxylation is 2. The number of nitrogens with one attached hydrogen (secondary N) is 1. The fourth-order valence-electron chi connectivity index (χ4n) is 4.49. The molecule has 1 saturated carbocycles. The summed E-state index contributed by atoms with van der Waals surface area (Å²) in [7, 11) is 0. The molecular formula is C20H30N2O. The summed E-state index contributed by atoms with van der Waals surface area (Å²) in [6.07, 6.45) is 8.91. The second-order valence-electron chi connectivity index (χ2n) is 7.24. The molecule has 3 heteroatoms. The van der Waals surface area contributed by atoms with Crippen molar-refractivity contribution in [3.05, 3.63) is 29.3 Å². The smallest absolute Gasteiger partial charge is 0.238 e. The lowest BCUT2D eigenvalue weighted by molar-refractivity contribution is -0.118. The van der Waals surface area contributed by atoms with Crippen LogP contribution in [0.4, 0.5) is 5.69 Å². The number of rotatable bonds is 4. The maximum atomic E-state index is 12.6. The first-order valence-corrected chi connectivity index (χ1v) is 9.31. The fourth-order valence-corrected chi connectivity index (χ4v) is 4.49. The monoisotopic (exact) mass is 314 g/mol. The molecule has 1 N–H and O–H groups in total. The van der Waals surface area contributed by atoms with Crippen LogP contribution >= 0.6 is 0 Å². The van der Waals surface area contributed by atoms with Gasteiger partial charge in [0.15, 0.2) is 0 Å². The number of hydrogen-bond acceptors (Lipinski definition) is 2. The van der Waals surface area contributed by atoms with Crippen LogP contribution in [0.5, 0.6) is 0 Å². The van der Waals surface area contributed by atoms with Gasteiger partial charge in [-0.3, -0.25) is 9.69 Å². The molecule has 1 aromatic carbocycles. The van der Waals surface area contributed by atoms with Gasteiger partial charge in [-0.25, -0.2) is 0 Å². The van der Waals surface area contributed by atoms with Gasteiger partial charge in [-0.05, 0) is 62.6 Å². The molecule has 1 saturated heterocycles. The van der Waals surface area contributed by atoms with Gasteiger partial charge in [0.2, 0.25) is 5.91 Å². The van der Waals surface area contributed by atoms with Gasteiger partial charge in [0.25, 0.3) is 0 Å². The van der Waals surface area contributed by atoms with E-state index in [9.17, 15) is 4.79 Å². The van der Waals surface area contributed by atoms with Gasteiger partial charge >= 0.3 is 0 Å². The molecule has 2 unspecified atom stereocenters. The predicted molar refractivity (Wildman–Crippen MR) is 95.7 cm³/mol. The number of likely N-dealkylation sites (tertiary alicyclic amines) is 1. The molecule has 1 aliphatic heterocycles. The van der Waals surface area contributed by atoms with Crippen LogP contribution in [-0.4, -0.2) is 29.9 Å². The molecule has 0 aromatic heterocycles. The zero-order valence-corrected chi connectivity index (χ0v) is 14.6. The Bertz CT molecular complexity index is 553. The Morgan fingerprint density at radius 1 is 1.22 bits per heavy atom. The summed E-state index contributed by atoms with van der Waals surface area (Å²) in [5.74, 6) is 0.982. The largest absolute Gasteiger partial charge is 0.324 e. The van der Waals surface area contributed by atoms with Crippen molar-refractivity contribution < 1.29 is 4.79 Å². The molecule has 3 rings (SSSR count). The van der Waals surface area contributed by atoms with Crippen molar-refractivity contribution in [2.45, 2.75) is 64.8 Å². The molecule has 0 radical (unpaired) electrons. The Kier molecular flexibility index (Phi) is 5.37. The zero-order chi connectivity index (χ0) is 16.2. The summed E-state index contributed by atoms with van der Waals surface area (Å²) in [4.78, 5) is 15.1. The van der Waals surface area contributed by atoms with Crippen molar-refractivity contribution in [1.29, 1.82) is 0 Å². The third-order valence-corrected chi connectivity index (χ3v) is 5.71. The van der Waals surface area contributed by atoms with Crippen LogP contribution in [0, 0.1) is 12.8 Å². The predicted octanol–water partition coefficient (Wildman–Crippen LogP) is 4.15. The number of nitrogens with zero attached hydrogens (tertiary/aromatic N) is 1. The second kappa shape index (κ2) is 7.48. The normalized spacial score (nSPS) is 25.0. The quantitative estimate of drug-likeness (QED) is 0.905. The average molecular weight is 314 g/mol. The van der Waals surface area contributed by atoms with Crippen molar-refractivity contribution in [1.82, 2.24) is 4.90 Å². The molecule has 0 spiro atoms. The Morgan fingerprint density at radius 2 is 2.00 bits per heavy atom. The van der Waals surface area contributed by atoms with Crippen molar-refractivity contribution in [2.24, 2.45) is 5.92 Å². The molecule has 2 aliphatic rings. The topological polar surface area (TPSA) is 32.3 Å². The first kappa shape index (κ1) is 16.5. The Labute approximate surface area is 140 Å². The number of carbonyl (C=O) groups is 1. The molecule has 2 atom stereocenters. The molecule has 1 aromatic rings. The molecule has 0 bridgehead atoms. The molecule has 3 nitrogen and oxygen atoms in total. The Balaban J connectivity index is 1.65. The zero-order valence-electron chi connectivity index (χ0n) is 14.6. The molecule has 1 aliphatic carbocycles. The number of fused-ring (bicyclic) bond motifs is 1. The molecule has 1 heterocycles. The minimum absolute atomic E-state index is 0.153. The number of amides is 1. The third-order valence-electron chi connectivity index (χ3n) is 5.71. The summed E-state index contributed by atoms with van der Waals surface area (Å²) >= 11 is 0. The lowest BCUT2D eigenvalue weighted by atomic mass is 9.78. The first-order chi connectivity index (χ1) is 11.2. The maximum absolute atomic E-state index is 12.6. The lowest BCUT2D eigenvalue weighted by Crippen LogP contribution is -2.49. The summed E-state index contributed by atoms with van der Waals surface area (Å²) in [5, 5.41) is 3.19. The molecule has 23 heavy (non-hydrogen) atoms. The van der Waals surface area contributed by atoms with Crippen LogP contribution in [-0.2, 0) is 11.2 Å². The highest BCUT2D eigenvalue weighted by atomic mass is 16.2. The number of benzene rings is 1. The van der Waals surface area contributed by atoms with Gasteiger partial charge in [0, 0.05) is 11.7 Å². The van der Waals surface area contributed by atoms with E-state index in [1.165, 1.54) is 44.1 Å². The fraction of sp³-hybridized carbons (Fsp3) is 0.650. The van der Waals surface area contributed by atoms with Crippen LogP contribution in [0.1, 0.15) is 56.6 Å². The number of anilines is 1. The summed E-state index contributed by atoms with van der Waals surface area (Å²) in [6.45, 7) is 5.86. The van der Waals surface area contributed by atoms with E-state index in [4.69, 9.17) is 0 Å². The summed E-state index contributed by atoms with van der Waals surface area (Å²) in [5.41, 5.74) is 3.41. The molecule has 2 fully saturated rings. The highest BCUT2D eigenvalue weighted by molar-refractivity contribution is 5.93. The highest BCUT2D eigenvalue weighted by Crippen LogP contribution is 2.35. The van der Waals surface area contributed by atoms with E-state index in [2.05, 4.69) is 42.3 Å². The number of para-hydroxylation sites is 1. The highest BCUT2D eigenvalue weighted by Gasteiger charge is 2.33. The summed E-state index contributed by atoms with van der Waals surface area (Å²) < 4.78 is 0. The van der Waals surface area contributed by atoms with E-state index < -0.39 is 0 Å². The second-order valence-corrected chi connectivity index (χ2v) is 7.24. The lowest BCUT2D eigenvalue weighted by Gasteiger charge is -2.43. The number of hydrogen-bond donors (Lipinski definition) is 1. The van der Waals surface area contributed by atoms with Crippen molar-refractivity contribution in [2.75, 3.05) is 18.4 Å². The van der Waals surface area contributed by atoms with E-state index in [1.807, 2.05) is 0 Å². The van der Waals surface area contributed by atoms with Crippen molar-refractivity contribution >= 4 is 11.6 Å². The Morgan fingerprint density at radius 3 is 2.83 bits per heavy atom. The molecular weight excluding hydrogens is 284 g/mol. The van der Waals surface area contributed by atoms with Crippen LogP contribution in [0.3, 0.4) is 0 Å². The van der Waals surface area contributed by atoms with Gasteiger partial charge in [0.05, 0.1) is 6.54 Å². The van der Waals surface area contributed by atoms with Crippen LogP contribution in [0.15, 0.2) is 18.2 Å². The van der Waals surface area contributed by atoms with Gasteiger partial charge in [-0.2, -0.15) is 0 Å². The average Bonchev–Trinajstić information content (AvgIpc) is 2.57. The number of carbonyl (C=O) groups excluding carboxylic acids is 1. The first-order valence-electron chi connectivity index (χ1n) is 9.31. The van der Waals surface area contributed by atoms with E-state index in [0.29, 0.717) is 12.6 Å². The minimum Gasteiger partial charge on any atom is -0.324 e. The number of piperidine rings is 1. The Hall–Kier alpha value is -1.35. The van der Waals surface area contributed by atoms with Crippen LogP contribution < -0.4 is 5.32 Å². The van der Waals surface area contributed by atoms with Crippen molar-refractivity contribution in [3.63, 3.8) is 0 Å². The third kappa shape index (κ3) is 3.77. The van der Waals surface area contributed by atoms with E-state index in [1.54, 1.807) is 0 Å². The molecule has 126 valence electrons. The van der Waals surface area contributed by atoms with Crippen molar-refractivity contribution in [3.8, 4) is 0 Å². The standard InChI is InChI=1S/C20H30N2O/c1-3-16-10-6-8-15(2)20(16)21-19(23)14-22-13-7-11-17-9-4-5-12-18(17)22/h6,8,10,17-18H,3-5,7,9,11-14H2,1-2H3,(H,21,23). The van der Waals surface area contributed by atoms with E-state index in [-0.39, 0.29) is 5.91 Å². The molecule has 1 amide bonds. The SMILES string of the molecule is CCc1cccc(C)c1NC(=O)CN1CCCC2CCCCC21.